The summed E-state index contributed by atoms with van der Waals surface area (Å²) in [4.78, 5) is 24.0. The molecule has 0 saturated carbocycles. The van der Waals surface area contributed by atoms with Crippen LogP contribution >= 0.6 is 0 Å². The largest absolute Gasteiger partial charge is 0.573 e. The van der Waals surface area contributed by atoms with Crippen LogP contribution < -0.4 is 9.47 Å². The normalized spacial score (nSPS) is 11.1. The van der Waals surface area contributed by atoms with Crippen molar-refractivity contribution in [2.75, 3.05) is 0 Å². The molecule has 2 rings (SSSR count). The number of alkyl halides is 3. The minimum Gasteiger partial charge on any atom is -0.419 e. The molecule has 2 aromatic rings. The Morgan fingerprint density at radius 2 is 1.71 bits per heavy atom. The molecule has 28 heavy (non-hydrogen) atoms. The smallest absolute Gasteiger partial charge is 0.419 e. The monoisotopic (exact) mass is 393 g/mol. The van der Waals surface area contributed by atoms with Crippen molar-refractivity contribution in [2.24, 2.45) is 0 Å². The van der Waals surface area contributed by atoms with Gasteiger partial charge in [-0.25, -0.2) is 4.79 Å². The zero-order valence-corrected chi connectivity index (χ0v) is 15.3. The van der Waals surface area contributed by atoms with Crippen molar-refractivity contribution in [1.29, 1.82) is 0 Å². The zero-order chi connectivity index (χ0) is 20.6. The third kappa shape index (κ3) is 6.72. The first-order valence-corrected chi connectivity index (χ1v) is 8.81. The van der Waals surface area contributed by atoms with E-state index in [9.17, 15) is 22.8 Å². The number of esters is 1. The maximum Gasteiger partial charge on any atom is 0.573 e. The highest BCUT2D eigenvalue weighted by Crippen LogP contribution is 2.37. The van der Waals surface area contributed by atoms with E-state index in [4.69, 9.17) is 4.74 Å². The van der Waals surface area contributed by atoms with Crippen molar-refractivity contribution >= 4 is 11.8 Å². The van der Waals surface area contributed by atoms with E-state index in [2.05, 4.69) is 4.74 Å². The van der Waals surface area contributed by atoms with Crippen LogP contribution in [0.15, 0.2) is 48.5 Å². The molecule has 0 aliphatic carbocycles. The lowest BCUT2D eigenvalue weighted by Crippen LogP contribution is -2.19. The van der Waals surface area contributed by atoms with Gasteiger partial charge in [-0.15, -0.1) is 13.2 Å². The van der Waals surface area contributed by atoms with Gasteiger partial charge in [-0.2, -0.15) is 0 Å². The third-order valence-corrected chi connectivity index (χ3v) is 3.76. The van der Waals surface area contributed by atoms with Crippen LogP contribution in [0.4, 0.5) is 13.2 Å². The molecule has 0 N–H and O–H groups in total. The summed E-state index contributed by atoms with van der Waals surface area (Å²) in [5.41, 5.74) is 0.434. The van der Waals surface area contributed by atoms with Gasteiger partial charge in [0, 0.05) is 18.4 Å². The number of halogens is 3. The summed E-state index contributed by atoms with van der Waals surface area (Å²) in [6, 6.07) is 11.8. The summed E-state index contributed by atoms with van der Waals surface area (Å²) in [5, 5.41) is 0. The van der Waals surface area contributed by atoms with E-state index < -0.39 is 18.1 Å². The highest BCUT2D eigenvalue weighted by Gasteiger charge is 2.33. The van der Waals surface area contributed by atoms with Crippen LogP contribution in [-0.4, -0.2) is 18.1 Å². The number of carbonyl (C=O) groups is 2. The first-order valence-electron chi connectivity index (χ1n) is 8.81. The zero-order valence-electron chi connectivity index (χ0n) is 15.3. The van der Waals surface area contributed by atoms with E-state index in [0.717, 1.165) is 12.5 Å². The molecule has 0 aliphatic heterocycles. The van der Waals surface area contributed by atoms with Gasteiger partial charge >= 0.3 is 12.3 Å². The Morgan fingerprint density at radius 1 is 1.00 bits per heavy atom. The van der Waals surface area contributed by atoms with Gasteiger partial charge in [0.15, 0.2) is 11.5 Å². The van der Waals surface area contributed by atoms with Crippen molar-refractivity contribution in [1.82, 2.24) is 0 Å². The lowest BCUT2D eigenvalue weighted by Gasteiger charge is -2.16. The van der Waals surface area contributed by atoms with Gasteiger partial charge in [-0.1, -0.05) is 37.3 Å². The van der Waals surface area contributed by atoms with Crippen molar-refractivity contribution in [3.8, 4) is 11.5 Å². The van der Waals surface area contributed by atoms with E-state index in [-0.39, 0.29) is 29.1 Å². The Bertz CT molecular complexity index is 801. The molecule has 0 aliphatic rings. The summed E-state index contributed by atoms with van der Waals surface area (Å²) in [7, 11) is 0. The van der Waals surface area contributed by atoms with Crippen molar-refractivity contribution in [3.05, 3.63) is 66.1 Å². The highest BCUT2D eigenvalue weighted by atomic mass is 19.4. The molecule has 0 aromatic heterocycles. The first-order chi connectivity index (χ1) is 13.3. The van der Waals surface area contributed by atoms with Gasteiger partial charge in [0.25, 0.3) is 0 Å². The van der Waals surface area contributed by atoms with Crippen LogP contribution in [0.3, 0.4) is 0 Å². The fraction of sp³-hybridized carbons (Fsp3) is 0.286. The maximum atomic E-state index is 12.7. The standard InChI is InChI=1S/C21H20F3O4/c1-2-8-17(25)13-6-11-15-12-7-14-18(28-21(22,23)24)19(15)27-20(26)16-9-4-3-5-10-16/h3-5,7,9-12,14H,2,6,8,13H2,1H3. The fourth-order valence-electron chi connectivity index (χ4n) is 2.53. The van der Waals surface area contributed by atoms with Gasteiger partial charge in [0.05, 0.1) is 5.56 Å². The minimum absolute atomic E-state index is 0.0595. The molecular formula is C21H20F3O4. The number of carbonyl (C=O) groups excluding carboxylic acids is 2. The second-order valence-electron chi connectivity index (χ2n) is 6.01. The molecule has 0 heterocycles. The molecule has 0 unspecified atom stereocenters. The molecule has 0 saturated heterocycles. The summed E-state index contributed by atoms with van der Waals surface area (Å²) < 4.78 is 47.5. The quantitative estimate of drug-likeness (QED) is 0.417. The van der Waals surface area contributed by atoms with Gasteiger partial charge in [0.2, 0.25) is 0 Å². The van der Waals surface area contributed by atoms with Crippen LogP contribution in [0.2, 0.25) is 0 Å². The molecule has 1 radical (unpaired) electrons. The Balaban J connectivity index is 2.24. The topological polar surface area (TPSA) is 52.6 Å². The average Bonchev–Trinajstić information content (AvgIpc) is 2.63. The average molecular weight is 393 g/mol. The van der Waals surface area contributed by atoms with Crippen molar-refractivity contribution in [2.45, 2.75) is 39.0 Å². The molecule has 0 bridgehead atoms. The van der Waals surface area contributed by atoms with E-state index in [1.807, 2.05) is 6.92 Å². The minimum atomic E-state index is -4.94. The van der Waals surface area contributed by atoms with Crippen molar-refractivity contribution in [3.63, 3.8) is 0 Å². The van der Waals surface area contributed by atoms with E-state index >= 15 is 0 Å². The van der Waals surface area contributed by atoms with Gasteiger partial charge in [-0.3, -0.25) is 4.79 Å². The molecule has 7 heteroatoms. The molecule has 0 amide bonds. The van der Waals surface area contributed by atoms with Crippen molar-refractivity contribution < 1.29 is 32.2 Å². The van der Waals surface area contributed by atoms with Crippen LogP contribution in [-0.2, 0) is 4.79 Å². The first kappa shape index (κ1) is 21.5. The number of para-hydroxylation sites is 1. The Kier molecular flexibility index (Phi) is 7.61. The Hall–Kier alpha value is -2.83. The number of ether oxygens (including phenoxy) is 2. The number of ketones is 1. The molecule has 0 atom stereocenters. The summed E-state index contributed by atoms with van der Waals surface area (Å²) in [6.45, 7) is 1.89. The lowest BCUT2D eigenvalue weighted by molar-refractivity contribution is -0.275. The molecule has 0 spiro atoms. The number of Topliss-reactive ketones (excluding diaryl/α,β-unsaturated/α-hetero) is 1. The molecule has 2 aromatic carbocycles. The SMILES string of the molecule is CCCC(=O)CC[CH]c1cccc(OC(F)(F)F)c1OC(=O)c1ccccc1. The third-order valence-electron chi connectivity index (χ3n) is 3.76. The molecule has 0 fully saturated rings. The van der Waals surface area contributed by atoms with E-state index in [1.54, 1.807) is 24.6 Å². The van der Waals surface area contributed by atoms with Gasteiger partial charge in [-0.05, 0) is 37.5 Å². The second-order valence-corrected chi connectivity index (χ2v) is 6.01. The number of rotatable bonds is 9. The molecule has 4 nitrogen and oxygen atoms in total. The highest BCUT2D eigenvalue weighted by molar-refractivity contribution is 5.91. The van der Waals surface area contributed by atoms with E-state index in [0.29, 0.717) is 12.8 Å². The number of hydrogen-bond donors (Lipinski definition) is 0. The fourth-order valence-corrected chi connectivity index (χ4v) is 2.53. The predicted molar refractivity (Wildman–Crippen MR) is 97.1 cm³/mol. The van der Waals surface area contributed by atoms with Crippen LogP contribution in [0.1, 0.15) is 48.5 Å². The summed E-state index contributed by atoms with van der Waals surface area (Å²) >= 11 is 0. The molecule has 149 valence electrons. The summed E-state index contributed by atoms with van der Waals surface area (Å²) in [6.07, 6.45) is -1.64. The van der Waals surface area contributed by atoms with Gasteiger partial charge in [0.1, 0.15) is 5.78 Å². The number of hydrogen-bond acceptors (Lipinski definition) is 4. The summed E-state index contributed by atoms with van der Waals surface area (Å²) in [5.74, 6) is -1.71. The van der Waals surface area contributed by atoms with Gasteiger partial charge < -0.3 is 9.47 Å². The Labute approximate surface area is 161 Å². The van der Waals surface area contributed by atoms with Crippen LogP contribution in [0, 0.1) is 6.42 Å². The lowest BCUT2D eigenvalue weighted by atomic mass is 10.0. The maximum absolute atomic E-state index is 12.7. The van der Waals surface area contributed by atoms with E-state index in [1.165, 1.54) is 24.3 Å². The van der Waals surface area contributed by atoms with Crippen LogP contribution in [0.25, 0.3) is 0 Å². The Morgan fingerprint density at radius 3 is 2.36 bits per heavy atom. The molecular weight excluding hydrogens is 373 g/mol. The van der Waals surface area contributed by atoms with Crippen LogP contribution in [0.5, 0.6) is 11.5 Å². The predicted octanol–water partition coefficient (Wildman–Crippen LogP) is 5.51. The second kappa shape index (κ2) is 9.92. The number of benzene rings is 2.